The van der Waals surface area contributed by atoms with Crippen LogP contribution >= 0.6 is 24.8 Å². The molecule has 0 aromatic carbocycles. The van der Waals surface area contributed by atoms with E-state index in [2.05, 4.69) is 43.2 Å². The summed E-state index contributed by atoms with van der Waals surface area (Å²) < 4.78 is 0. The van der Waals surface area contributed by atoms with Crippen LogP contribution in [0.5, 0.6) is 0 Å². The first-order valence-corrected chi connectivity index (χ1v) is 6.71. The van der Waals surface area contributed by atoms with Crippen molar-refractivity contribution < 1.29 is 0 Å². The van der Waals surface area contributed by atoms with Crippen molar-refractivity contribution >= 4 is 30.6 Å². The van der Waals surface area contributed by atoms with Crippen LogP contribution < -0.4 is 5.32 Å². The van der Waals surface area contributed by atoms with Crippen molar-refractivity contribution in [3.63, 3.8) is 0 Å². The molecule has 0 aliphatic heterocycles. The van der Waals surface area contributed by atoms with Crippen LogP contribution in [-0.2, 0) is 0 Å². The summed E-state index contributed by atoms with van der Waals surface area (Å²) in [5.41, 5.74) is 0.897. The van der Waals surface area contributed by atoms with Crippen LogP contribution in [0.2, 0.25) is 0 Å². The summed E-state index contributed by atoms with van der Waals surface area (Å²) in [6, 6.07) is 6.68. The average molecular weight is 303 g/mol. The summed E-state index contributed by atoms with van der Waals surface area (Å²) in [6.07, 6.45) is 5.93. The Morgan fingerprint density at radius 1 is 1.21 bits per heavy atom. The topological polar surface area (TPSA) is 24.9 Å². The molecule has 2 aliphatic rings. The van der Waals surface area contributed by atoms with Gasteiger partial charge in [0.25, 0.3) is 0 Å². The lowest BCUT2D eigenvalue weighted by molar-refractivity contribution is 0.142. The van der Waals surface area contributed by atoms with Crippen LogP contribution in [0.25, 0.3) is 0 Å². The number of aromatic nitrogens is 1. The second-order valence-corrected chi connectivity index (χ2v) is 6.52. The molecule has 0 spiro atoms. The van der Waals surface area contributed by atoms with Crippen LogP contribution in [0.4, 0.5) is 5.82 Å². The summed E-state index contributed by atoms with van der Waals surface area (Å²) in [4.78, 5) is 4.39. The number of rotatable bonds is 2. The Morgan fingerprint density at radius 3 is 2.42 bits per heavy atom. The quantitative estimate of drug-likeness (QED) is 0.867. The summed E-state index contributed by atoms with van der Waals surface area (Å²) >= 11 is 0. The van der Waals surface area contributed by atoms with Crippen molar-refractivity contribution in [1.82, 2.24) is 4.98 Å². The molecule has 108 valence electrons. The van der Waals surface area contributed by atoms with Crippen molar-refractivity contribution in [3.8, 4) is 0 Å². The Balaban J connectivity index is 0.000000902. The van der Waals surface area contributed by atoms with Gasteiger partial charge in [-0.25, -0.2) is 4.98 Å². The number of nitrogens with zero attached hydrogens (tertiary/aromatic N) is 1. The third-order valence-electron chi connectivity index (χ3n) is 5.78. The molecule has 4 heteroatoms. The minimum absolute atomic E-state index is 0. The molecule has 2 bridgehead atoms. The van der Waals surface area contributed by atoms with Crippen molar-refractivity contribution in [2.75, 3.05) is 5.32 Å². The van der Waals surface area contributed by atoms with Crippen molar-refractivity contribution in [1.29, 1.82) is 0 Å². The van der Waals surface area contributed by atoms with Crippen LogP contribution in [0, 0.1) is 16.7 Å². The van der Waals surface area contributed by atoms with Crippen LogP contribution in [0.3, 0.4) is 0 Å². The Morgan fingerprint density at radius 2 is 1.95 bits per heavy atom. The number of nitrogens with one attached hydrogen (secondary N) is 1. The van der Waals surface area contributed by atoms with Gasteiger partial charge in [0.1, 0.15) is 5.82 Å². The molecule has 1 aromatic rings. The number of fused-ring (bicyclic) bond motifs is 2. The molecule has 2 saturated carbocycles. The molecule has 0 saturated heterocycles. The highest BCUT2D eigenvalue weighted by Gasteiger charge is 2.61. The van der Waals surface area contributed by atoms with Crippen LogP contribution in [-0.4, -0.2) is 11.0 Å². The fraction of sp³-hybridized carbons (Fsp3) is 0.667. The number of hydrogen-bond donors (Lipinski definition) is 1. The standard InChI is InChI=1S/C15H22N2.2ClH/c1-14(2)11-7-8-15(14,3)12(10-11)17-13-6-4-5-9-16-13;;/h4-6,9,11-12H,7-8,10H2,1-3H3,(H,16,17);2*1H/t11-,12+,15-;;/m1../s1. The first-order valence-electron chi connectivity index (χ1n) is 6.71. The van der Waals surface area contributed by atoms with Crippen LogP contribution in [0.15, 0.2) is 24.4 Å². The number of pyridine rings is 1. The van der Waals surface area contributed by atoms with E-state index in [4.69, 9.17) is 0 Å². The van der Waals surface area contributed by atoms with Gasteiger partial charge in [-0.3, -0.25) is 0 Å². The molecular formula is C15H24Cl2N2. The van der Waals surface area contributed by atoms with Crippen molar-refractivity contribution in [2.24, 2.45) is 16.7 Å². The number of halogens is 2. The third kappa shape index (κ3) is 2.34. The van der Waals surface area contributed by atoms with E-state index in [1.807, 2.05) is 12.3 Å². The lowest BCUT2D eigenvalue weighted by Gasteiger charge is -2.39. The molecule has 1 aromatic heterocycles. The largest absolute Gasteiger partial charge is 0.367 e. The Bertz CT molecular complexity index is 421. The van der Waals surface area contributed by atoms with Gasteiger partial charge in [0.05, 0.1) is 0 Å². The van der Waals surface area contributed by atoms with Gasteiger partial charge in [-0.15, -0.1) is 24.8 Å². The monoisotopic (exact) mass is 302 g/mol. The second kappa shape index (κ2) is 5.49. The minimum Gasteiger partial charge on any atom is -0.367 e. The zero-order valence-electron chi connectivity index (χ0n) is 11.8. The van der Waals surface area contributed by atoms with Crippen LogP contribution in [0.1, 0.15) is 40.0 Å². The van der Waals surface area contributed by atoms with Gasteiger partial charge in [-0.05, 0) is 48.1 Å². The lowest BCUT2D eigenvalue weighted by Crippen LogP contribution is -2.40. The maximum Gasteiger partial charge on any atom is 0.126 e. The van der Waals surface area contributed by atoms with E-state index in [1.54, 1.807) is 0 Å². The maximum atomic E-state index is 4.39. The fourth-order valence-corrected chi connectivity index (χ4v) is 4.05. The smallest absolute Gasteiger partial charge is 0.126 e. The molecule has 0 unspecified atom stereocenters. The van der Waals surface area contributed by atoms with Gasteiger partial charge in [-0.2, -0.15) is 0 Å². The zero-order chi connectivity index (χ0) is 12.1. The predicted octanol–water partition coefficient (Wildman–Crippen LogP) is 4.55. The van der Waals surface area contributed by atoms with E-state index in [0.29, 0.717) is 16.9 Å². The van der Waals surface area contributed by atoms with Gasteiger partial charge >= 0.3 is 0 Å². The Hall–Kier alpha value is -0.470. The van der Waals surface area contributed by atoms with Crippen molar-refractivity contribution in [3.05, 3.63) is 24.4 Å². The second-order valence-electron chi connectivity index (χ2n) is 6.52. The van der Waals surface area contributed by atoms with Gasteiger partial charge < -0.3 is 5.32 Å². The summed E-state index contributed by atoms with van der Waals surface area (Å²) in [5, 5.41) is 3.66. The van der Waals surface area contributed by atoms with E-state index >= 15 is 0 Å². The molecule has 2 aliphatic carbocycles. The fourth-order valence-electron chi connectivity index (χ4n) is 4.05. The molecule has 0 amide bonds. The average Bonchev–Trinajstić information content (AvgIpc) is 2.63. The highest BCUT2D eigenvalue weighted by molar-refractivity contribution is 5.85. The lowest BCUT2D eigenvalue weighted by atomic mass is 9.69. The highest BCUT2D eigenvalue weighted by Crippen LogP contribution is 2.65. The number of anilines is 1. The van der Waals surface area contributed by atoms with Gasteiger partial charge in [0.2, 0.25) is 0 Å². The van der Waals surface area contributed by atoms with Gasteiger partial charge in [0, 0.05) is 12.2 Å². The summed E-state index contributed by atoms with van der Waals surface area (Å²) in [5.74, 6) is 1.91. The normalized spacial score (nSPS) is 34.3. The van der Waals surface area contributed by atoms with Gasteiger partial charge in [0.15, 0.2) is 0 Å². The zero-order valence-corrected chi connectivity index (χ0v) is 13.5. The molecular weight excluding hydrogens is 279 g/mol. The SMILES string of the molecule is CC1(C)[C@@H]2CC[C@]1(C)[C@@H](Nc1ccccn1)C2.Cl.Cl. The predicted molar refractivity (Wildman–Crippen MR) is 85.4 cm³/mol. The number of hydrogen-bond acceptors (Lipinski definition) is 2. The van der Waals surface area contributed by atoms with E-state index in [1.165, 1.54) is 19.3 Å². The van der Waals surface area contributed by atoms with E-state index < -0.39 is 0 Å². The third-order valence-corrected chi connectivity index (χ3v) is 5.78. The summed E-state index contributed by atoms with van der Waals surface area (Å²) in [6.45, 7) is 7.36. The first-order chi connectivity index (χ1) is 8.04. The molecule has 2 nitrogen and oxygen atoms in total. The molecule has 0 radical (unpaired) electrons. The van der Waals surface area contributed by atoms with Crippen molar-refractivity contribution in [2.45, 2.75) is 46.1 Å². The Labute approximate surface area is 128 Å². The first kappa shape index (κ1) is 16.6. The molecule has 2 fully saturated rings. The van der Waals surface area contributed by atoms with E-state index in [9.17, 15) is 0 Å². The summed E-state index contributed by atoms with van der Waals surface area (Å²) in [7, 11) is 0. The molecule has 19 heavy (non-hydrogen) atoms. The molecule has 3 rings (SSSR count). The molecule has 1 N–H and O–H groups in total. The maximum absolute atomic E-state index is 4.39. The van der Waals surface area contributed by atoms with E-state index in [-0.39, 0.29) is 24.8 Å². The van der Waals surface area contributed by atoms with E-state index in [0.717, 1.165) is 11.7 Å². The molecule has 3 atom stereocenters. The van der Waals surface area contributed by atoms with Gasteiger partial charge in [-0.1, -0.05) is 26.8 Å². The highest BCUT2D eigenvalue weighted by atomic mass is 35.5. The minimum atomic E-state index is 0. The molecule has 1 heterocycles. The Kier molecular flexibility index (Phi) is 4.79.